The summed E-state index contributed by atoms with van der Waals surface area (Å²) < 4.78 is 25.6. The molecular weight excluding hydrogens is 373 g/mol. The van der Waals surface area contributed by atoms with Gasteiger partial charge in [-0.15, -0.1) is 12.4 Å². The molecule has 6 heteroatoms. The Balaban J connectivity index is 0.00000144. The van der Waals surface area contributed by atoms with Crippen LogP contribution in [0.1, 0.15) is 12.8 Å². The summed E-state index contributed by atoms with van der Waals surface area (Å²) in [6.07, 6.45) is 1.70. The highest BCUT2D eigenvalue weighted by Gasteiger charge is 2.28. The first kappa shape index (κ1) is 15.2. The highest BCUT2D eigenvalue weighted by Crippen LogP contribution is 2.21. The van der Waals surface area contributed by atoms with Gasteiger partial charge >= 0.3 is 0 Å². The fraction of sp³-hybridized carbons (Fsp3) is 0.455. The monoisotopic (exact) mass is 387 g/mol. The molecule has 1 atom stereocenters. The van der Waals surface area contributed by atoms with Crippen LogP contribution in [0.4, 0.5) is 0 Å². The molecule has 1 heterocycles. The Labute approximate surface area is 122 Å². The second-order valence-corrected chi connectivity index (χ2v) is 7.44. The summed E-state index contributed by atoms with van der Waals surface area (Å²) in [5.41, 5.74) is 0. The smallest absolute Gasteiger partial charge is 0.182 e. The van der Waals surface area contributed by atoms with Crippen LogP contribution < -0.4 is 5.32 Å². The Bertz CT molecular complexity index is 455. The Morgan fingerprint density at radius 1 is 1.24 bits per heavy atom. The number of hydrogen-bond acceptors (Lipinski definition) is 3. The highest BCUT2D eigenvalue weighted by molar-refractivity contribution is 14.1. The molecule has 0 bridgehead atoms. The number of piperidine rings is 1. The van der Waals surface area contributed by atoms with Gasteiger partial charge in [-0.3, -0.25) is 0 Å². The number of benzene rings is 1. The van der Waals surface area contributed by atoms with Gasteiger partial charge in [-0.2, -0.15) is 0 Å². The van der Waals surface area contributed by atoms with Gasteiger partial charge in [0.15, 0.2) is 9.84 Å². The van der Waals surface area contributed by atoms with E-state index in [9.17, 15) is 8.42 Å². The molecular formula is C11H15ClINO2S. The zero-order valence-electron chi connectivity index (χ0n) is 9.23. The number of halogens is 2. The van der Waals surface area contributed by atoms with Crippen LogP contribution in [0.15, 0.2) is 29.2 Å². The molecule has 0 aromatic heterocycles. The number of rotatable bonds is 2. The molecule has 0 amide bonds. The summed E-state index contributed by atoms with van der Waals surface area (Å²) in [7, 11) is -3.14. The number of sulfone groups is 1. The van der Waals surface area contributed by atoms with E-state index in [-0.39, 0.29) is 17.7 Å². The average Bonchev–Trinajstić information content (AvgIpc) is 2.31. The van der Waals surface area contributed by atoms with E-state index < -0.39 is 9.84 Å². The predicted octanol–water partition coefficient (Wildman–Crippen LogP) is 2.24. The summed E-state index contributed by atoms with van der Waals surface area (Å²) in [6.45, 7) is 1.51. The van der Waals surface area contributed by atoms with E-state index in [2.05, 4.69) is 27.9 Å². The van der Waals surface area contributed by atoms with E-state index in [0.717, 1.165) is 23.0 Å². The van der Waals surface area contributed by atoms with Crippen LogP contribution in [-0.4, -0.2) is 26.8 Å². The van der Waals surface area contributed by atoms with Crippen molar-refractivity contribution >= 4 is 44.8 Å². The normalized spacial score (nSPS) is 20.6. The molecule has 1 aliphatic heterocycles. The highest BCUT2D eigenvalue weighted by atomic mass is 127. The van der Waals surface area contributed by atoms with Crippen molar-refractivity contribution in [3.05, 3.63) is 27.8 Å². The zero-order chi connectivity index (χ0) is 11.6. The van der Waals surface area contributed by atoms with Gasteiger partial charge in [0.05, 0.1) is 10.1 Å². The van der Waals surface area contributed by atoms with Crippen molar-refractivity contribution in [3.8, 4) is 0 Å². The molecule has 17 heavy (non-hydrogen) atoms. The lowest BCUT2D eigenvalue weighted by atomic mass is 10.2. The van der Waals surface area contributed by atoms with Crippen LogP contribution in [-0.2, 0) is 9.84 Å². The Hall–Kier alpha value is 0.150. The van der Waals surface area contributed by atoms with Crippen molar-refractivity contribution in [1.29, 1.82) is 0 Å². The predicted molar refractivity (Wildman–Crippen MR) is 79.5 cm³/mol. The molecule has 0 spiro atoms. The van der Waals surface area contributed by atoms with Crippen LogP contribution in [0.2, 0.25) is 0 Å². The molecule has 1 fully saturated rings. The Morgan fingerprint density at radius 2 is 1.88 bits per heavy atom. The van der Waals surface area contributed by atoms with Crippen LogP contribution >= 0.6 is 35.0 Å². The standard InChI is InChI=1S/C11H14INO2S.ClH/c12-9-3-5-10(6-4-9)16(14,15)11-2-1-7-13-8-11;/h3-6,11,13H,1-2,7-8H2;1H/t11-;/m0./s1. The van der Waals surface area contributed by atoms with Crippen LogP contribution in [0.3, 0.4) is 0 Å². The SMILES string of the molecule is Cl.O=S(=O)(c1ccc(I)cc1)[C@H]1CCCNC1. The lowest BCUT2D eigenvalue weighted by Crippen LogP contribution is -2.38. The maximum Gasteiger partial charge on any atom is 0.182 e. The second kappa shape index (κ2) is 6.36. The molecule has 1 saturated heterocycles. The van der Waals surface area contributed by atoms with Gasteiger partial charge in [0, 0.05) is 10.1 Å². The molecule has 0 unspecified atom stereocenters. The molecule has 0 saturated carbocycles. The molecule has 3 nitrogen and oxygen atoms in total. The van der Waals surface area contributed by atoms with E-state index in [1.54, 1.807) is 12.1 Å². The molecule has 2 rings (SSSR count). The molecule has 0 radical (unpaired) electrons. The Morgan fingerprint density at radius 3 is 2.41 bits per heavy atom. The summed E-state index contributed by atoms with van der Waals surface area (Å²) >= 11 is 2.17. The van der Waals surface area contributed by atoms with Crippen molar-refractivity contribution in [1.82, 2.24) is 5.32 Å². The summed E-state index contributed by atoms with van der Waals surface area (Å²) in [5, 5.41) is 2.88. The van der Waals surface area contributed by atoms with Crippen LogP contribution in [0, 0.1) is 3.57 Å². The minimum absolute atomic E-state index is 0. The third-order valence-corrected chi connectivity index (χ3v) is 5.76. The molecule has 1 N–H and O–H groups in total. The topological polar surface area (TPSA) is 46.2 Å². The number of hydrogen-bond donors (Lipinski definition) is 1. The van der Waals surface area contributed by atoms with E-state index in [4.69, 9.17) is 0 Å². The average molecular weight is 388 g/mol. The largest absolute Gasteiger partial charge is 0.315 e. The molecule has 1 aliphatic rings. The third kappa shape index (κ3) is 3.56. The van der Waals surface area contributed by atoms with E-state index in [1.807, 2.05) is 12.1 Å². The fourth-order valence-electron chi connectivity index (χ4n) is 1.90. The van der Waals surface area contributed by atoms with Gasteiger partial charge in [0.25, 0.3) is 0 Å². The molecule has 1 aromatic rings. The van der Waals surface area contributed by atoms with Crippen molar-refractivity contribution < 1.29 is 8.42 Å². The first-order valence-corrected chi connectivity index (χ1v) is 7.93. The van der Waals surface area contributed by atoms with Gasteiger partial charge in [-0.1, -0.05) is 0 Å². The van der Waals surface area contributed by atoms with Gasteiger partial charge < -0.3 is 5.32 Å². The Kier molecular flexibility index (Phi) is 5.69. The van der Waals surface area contributed by atoms with E-state index >= 15 is 0 Å². The van der Waals surface area contributed by atoms with Crippen molar-refractivity contribution in [3.63, 3.8) is 0 Å². The van der Waals surface area contributed by atoms with Crippen LogP contribution in [0.25, 0.3) is 0 Å². The van der Waals surface area contributed by atoms with Crippen molar-refractivity contribution in [2.24, 2.45) is 0 Å². The minimum Gasteiger partial charge on any atom is -0.315 e. The molecule has 1 aromatic carbocycles. The zero-order valence-corrected chi connectivity index (χ0v) is 13.0. The lowest BCUT2D eigenvalue weighted by molar-refractivity contribution is 0.497. The first-order chi connectivity index (χ1) is 7.60. The maximum atomic E-state index is 12.3. The molecule has 0 aliphatic carbocycles. The summed E-state index contributed by atoms with van der Waals surface area (Å²) in [6, 6.07) is 7.07. The van der Waals surface area contributed by atoms with Crippen molar-refractivity contribution in [2.45, 2.75) is 23.0 Å². The van der Waals surface area contributed by atoms with E-state index in [1.165, 1.54) is 0 Å². The van der Waals surface area contributed by atoms with Gasteiger partial charge in [-0.05, 0) is 66.2 Å². The lowest BCUT2D eigenvalue weighted by Gasteiger charge is -2.22. The van der Waals surface area contributed by atoms with E-state index in [0.29, 0.717) is 11.4 Å². The van der Waals surface area contributed by atoms with Crippen molar-refractivity contribution in [2.75, 3.05) is 13.1 Å². The second-order valence-electron chi connectivity index (χ2n) is 3.97. The third-order valence-electron chi connectivity index (χ3n) is 2.83. The maximum absolute atomic E-state index is 12.3. The number of nitrogens with one attached hydrogen (secondary N) is 1. The van der Waals surface area contributed by atoms with Crippen LogP contribution in [0.5, 0.6) is 0 Å². The van der Waals surface area contributed by atoms with Gasteiger partial charge in [0.1, 0.15) is 0 Å². The quantitative estimate of drug-likeness (QED) is 0.792. The fourth-order valence-corrected chi connectivity index (χ4v) is 3.98. The van der Waals surface area contributed by atoms with Gasteiger partial charge in [0.2, 0.25) is 0 Å². The summed E-state index contributed by atoms with van der Waals surface area (Å²) in [5.74, 6) is 0. The first-order valence-electron chi connectivity index (χ1n) is 5.31. The van der Waals surface area contributed by atoms with Gasteiger partial charge in [-0.25, -0.2) is 8.42 Å². The summed E-state index contributed by atoms with van der Waals surface area (Å²) in [4.78, 5) is 0.446. The molecule has 96 valence electrons. The minimum atomic E-state index is -3.14.